The summed E-state index contributed by atoms with van der Waals surface area (Å²) in [6, 6.07) is 11.4. The van der Waals surface area contributed by atoms with Crippen molar-refractivity contribution in [2.75, 3.05) is 49.9 Å². The minimum Gasteiger partial charge on any atom is -0.445 e. The molecule has 0 aromatic heterocycles. The van der Waals surface area contributed by atoms with Gasteiger partial charge in [-0.15, -0.1) is 0 Å². The SMILES string of the molecule is O=C1CCC(N2Cc3cc(N4CCN(S(=O)(=O)CC5CCN(C(=O)OCc6ccccc6)CC5)CC4)c(F)cc3C2=O)C(=O)N1. The lowest BCUT2D eigenvalue weighted by Crippen LogP contribution is -2.52. The van der Waals surface area contributed by atoms with E-state index >= 15 is 4.39 Å². The normalized spacial score (nSPS) is 21.6. The van der Waals surface area contributed by atoms with Gasteiger partial charge in [0.2, 0.25) is 21.8 Å². The number of halogens is 1. The number of likely N-dealkylation sites (tertiary alicyclic amines) is 1. The number of imide groups is 1. The lowest BCUT2D eigenvalue weighted by atomic mass is 9.99. The number of nitrogens with one attached hydrogen (secondary N) is 1. The van der Waals surface area contributed by atoms with Crippen LogP contribution in [0, 0.1) is 11.7 Å². The lowest BCUT2D eigenvalue weighted by molar-refractivity contribution is -0.136. The van der Waals surface area contributed by atoms with E-state index in [1.807, 2.05) is 30.3 Å². The summed E-state index contributed by atoms with van der Waals surface area (Å²) in [7, 11) is -3.56. The van der Waals surface area contributed by atoms with Crippen LogP contribution in [0.3, 0.4) is 0 Å². The molecule has 0 radical (unpaired) electrons. The molecule has 4 aliphatic rings. The standard InChI is InChI=1S/C31H36FN5O7S/c32-25-17-24-23(18-37(30(24)40)26-6-7-28(38)33-29(26)39)16-27(25)34-12-14-36(15-13-34)45(42,43)20-22-8-10-35(11-9-22)31(41)44-19-21-4-2-1-3-5-21/h1-5,16-17,22,26H,6-15,18-20H2,(H,33,38,39). The first kappa shape index (κ1) is 31.0. The number of amides is 4. The number of fused-ring (bicyclic) bond motifs is 1. The number of piperidine rings is 2. The summed E-state index contributed by atoms with van der Waals surface area (Å²) in [6.45, 7) is 2.15. The average Bonchev–Trinajstić information content (AvgIpc) is 3.34. The first-order valence-electron chi connectivity index (χ1n) is 15.2. The zero-order valence-corrected chi connectivity index (χ0v) is 25.6. The Bertz CT molecular complexity index is 1590. The van der Waals surface area contributed by atoms with Crippen molar-refractivity contribution in [3.05, 3.63) is 65.0 Å². The van der Waals surface area contributed by atoms with Gasteiger partial charge in [0, 0.05) is 57.8 Å². The molecule has 0 bridgehead atoms. The smallest absolute Gasteiger partial charge is 0.410 e. The second-order valence-electron chi connectivity index (χ2n) is 12.0. The minimum absolute atomic E-state index is 0.00854. The molecule has 45 heavy (non-hydrogen) atoms. The summed E-state index contributed by atoms with van der Waals surface area (Å²) in [6.07, 6.45) is 1.08. The molecule has 4 amide bonds. The van der Waals surface area contributed by atoms with Crippen LogP contribution in [0.4, 0.5) is 14.9 Å². The summed E-state index contributed by atoms with van der Waals surface area (Å²) in [4.78, 5) is 54.1. The number of carbonyl (C=O) groups excluding carboxylic acids is 4. The largest absolute Gasteiger partial charge is 0.445 e. The van der Waals surface area contributed by atoms with E-state index in [0.717, 1.165) is 5.56 Å². The molecule has 4 aliphatic heterocycles. The van der Waals surface area contributed by atoms with Crippen LogP contribution in [0.5, 0.6) is 0 Å². The number of carbonyl (C=O) groups is 4. The van der Waals surface area contributed by atoms with E-state index in [2.05, 4.69) is 5.32 Å². The highest BCUT2D eigenvalue weighted by atomic mass is 32.2. The van der Waals surface area contributed by atoms with Gasteiger partial charge >= 0.3 is 6.09 Å². The highest BCUT2D eigenvalue weighted by molar-refractivity contribution is 7.89. The van der Waals surface area contributed by atoms with Crippen LogP contribution in [-0.2, 0) is 37.5 Å². The molecule has 2 aromatic rings. The van der Waals surface area contributed by atoms with Gasteiger partial charge in [0.25, 0.3) is 5.91 Å². The quantitative estimate of drug-likeness (QED) is 0.454. The Morgan fingerprint density at radius 3 is 2.36 bits per heavy atom. The van der Waals surface area contributed by atoms with Crippen LogP contribution in [-0.4, -0.2) is 97.4 Å². The molecule has 240 valence electrons. The van der Waals surface area contributed by atoms with Crippen molar-refractivity contribution in [3.63, 3.8) is 0 Å². The summed E-state index contributed by atoms with van der Waals surface area (Å²) in [5, 5.41) is 2.26. The van der Waals surface area contributed by atoms with Crippen LogP contribution in [0.2, 0.25) is 0 Å². The molecule has 1 atom stereocenters. The van der Waals surface area contributed by atoms with E-state index in [4.69, 9.17) is 4.74 Å². The summed E-state index contributed by atoms with van der Waals surface area (Å²) < 4.78 is 48.7. The number of ether oxygens (including phenoxy) is 1. The van der Waals surface area contributed by atoms with Gasteiger partial charge in [-0.3, -0.25) is 19.7 Å². The molecule has 0 saturated carbocycles. The van der Waals surface area contributed by atoms with Crippen LogP contribution >= 0.6 is 0 Å². The molecule has 14 heteroatoms. The van der Waals surface area contributed by atoms with Gasteiger partial charge in [-0.05, 0) is 48.4 Å². The molecular weight excluding hydrogens is 605 g/mol. The van der Waals surface area contributed by atoms with Crippen molar-refractivity contribution < 1.29 is 36.7 Å². The van der Waals surface area contributed by atoms with Gasteiger partial charge in [0.15, 0.2) is 0 Å². The average molecular weight is 642 g/mol. The van der Waals surface area contributed by atoms with E-state index in [1.165, 1.54) is 15.3 Å². The topological polar surface area (TPSA) is 137 Å². The fourth-order valence-corrected chi connectivity index (χ4v) is 8.38. The summed E-state index contributed by atoms with van der Waals surface area (Å²) in [5.74, 6) is -2.03. The third-order valence-corrected chi connectivity index (χ3v) is 11.1. The molecule has 1 unspecified atom stereocenters. The molecule has 4 heterocycles. The number of piperazine rings is 1. The zero-order valence-electron chi connectivity index (χ0n) is 24.8. The van der Waals surface area contributed by atoms with Gasteiger partial charge < -0.3 is 19.4 Å². The molecule has 6 rings (SSSR count). The van der Waals surface area contributed by atoms with Crippen molar-refractivity contribution in [1.82, 2.24) is 19.4 Å². The van der Waals surface area contributed by atoms with Crippen molar-refractivity contribution in [2.45, 2.75) is 44.9 Å². The molecule has 2 aromatic carbocycles. The van der Waals surface area contributed by atoms with Gasteiger partial charge in [0.1, 0.15) is 18.5 Å². The van der Waals surface area contributed by atoms with E-state index < -0.39 is 39.8 Å². The molecule has 0 aliphatic carbocycles. The van der Waals surface area contributed by atoms with E-state index in [-0.39, 0.29) is 81.0 Å². The molecule has 1 N–H and O–H groups in total. The molecule has 0 spiro atoms. The first-order valence-corrected chi connectivity index (χ1v) is 16.9. The maximum Gasteiger partial charge on any atom is 0.410 e. The molecule has 3 saturated heterocycles. The molecule has 12 nitrogen and oxygen atoms in total. The van der Waals surface area contributed by atoms with E-state index in [1.54, 1.807) is 15.9 Å². The van der Waals surface area contributed by atoms with Crippen LogP contribution in [0.1, 0.15) is 47.2 Å². The van der Waals surface area contributed by atoms with E-state index in [9.17, 15) is 27.6 Å². The Labute approximate surface area is 261 Å². The molecule has 3 fully saturated rings. The highest BCUT2D eigenvalue weighted by Gasteiger charge is 2.40. The predicted octanol–water partition coefficient (Wildman–Crippen LogP) is 2.09. The Morgan fingerprint density at radius 2 is 1.67 bits per heavy atom. The second kappa shape index (κ2) is 12.8. The Morgan fingerprint density at radius 1 is 0.956 bits per heavy atom. The predicted molar refractivity (Wildman–Crippen MR) is 161 cm³/mol. The van der Waals surface area contributed by atoms with E-state index in [0.29, 0.717) is 31.5 Å². The fraction of sp³-hybridized carbons (Fsp3) is 0.484. The zero-order chi connectivity index (χ0) is 31.7. The number of rotatable bonds is 7. The lowest BCUT2D eigenvalue weighted by Gasteiger charge is -2.37. The van der Waals surface area contributed by atoms with Crippen molar-refractivity contribution in [2.24, 2.45) is 5.92 Å². The summed E-state index contributed by atoms with van der Waals surface area (Å²) >= 11 is 0. The minimum atomic E-state index is -3.56. The number of benzene rings is 2. The van der Waals surface area contributed by atoms with Crippen molar-refractivity contribution >= 4 is 39.5 Å². The van der Waals surface area contributed by atoms with Crippen LogP contribution < -0.4 is 10.2 Å². The monoisotopic (exact) mass is 641 g/mol. The van der Waals surface area contributed by atoms with Crippen LogP contribution in [0.25, 0.3) is 0 Å². The van der Waals surface area contributed by atoms with Gasteiger partial charge in [-0.1, -0.05) is 30.3 Å². The van der Waals surface area contributed by atoms with Gasteiger partial charge in [-0.25, -0.2) is 17.6 Å². The number of nitrogens with zero attached hydrogens (tertiary/aromatic N) is 4. The Balaban J connectivity index is 0.997. The highest BCUT2D eigenvalue weighted by Crippen LogP contribution is 2.33. The first-order chi connectivity index (χ1) is 21.6. The number of hydrogen-bond acceptors (Lipinski definition) is 8. The maximum absolute atomic E-state index is 15.3. The number of sulfonamides is 1. The maximum atomic E-state index is 15.3. The summed E-state index contributed by atoms with van der Waals surface area (Å²) in [5.41, 5.74) is 1.97. The van der Waals surface area contributed by atoms with Crippen molar-refractivity contribution in [1.29, 1.82) is 0 Å². The van der Waals surface area contributed by atoms with Crippen molar-refractivity contribution in [3.8, 4) is 0 Å². The Hall–Kier alpha value is -4.04. The number of hydrogen-bond donors (Lipinski definition) is 1. The number of anilines is 1. The second-order valence-corrected chi connectivity index (χ2v) is 14.0. The molecular formula is C31H36FN5O7S. The van der Waals surface area contributed by atoms with Crippen LogP contribution in [0.15, 0.2) is 42.5 Å². The third kappa shape index (κ3) is 6.66. The van der Waals surface area contributed by atoms with Gasteiger partial charge in [-0.2, -0.15) is 4.31 Å². The Kier molecular flexibility index (Phi) is 8.78. The van der Waals surface area contributed by atoms with Gasteiger partial charge in [0.05, 0.1) is 11.4 Å². The third-order valence-electron chi connectivity index (χ3n) is 9.09. The fourth-order valence-electron chi connectivity index (χ4n) is 6.52.